The number of hydrogen-bond acceptors (Lipinski definition) is 4. The molecule has 1 heterocycles. The first-order valence-corrected chi connectivity index (χ1v) is 3.46. The van der Waals surface area contributed by atoms with Gasteiger partial charge in [-0.2, -0.15) is 4.99 Å². The molecule has 0 N–H and O–H groups in total. The van der Waals surface area contributed by atoms with Crippen LogP contribution in [0.15, 0.2) is 16.4 Å². The van der Waals surface area contributed by atoms with E-state index in [-0.39, 0.29) is 0 Å². The van der Waals surface area contributed by atoms with Gasteiger partial charge in [0.15, 0.2) is 10.8 Å². The zero-order valence-electron chi connectivity index (χ0n) is 5.33. The Hall–Kier alpha value is -1.12. The fraction of sp³-hybridized carbons (Fsp3) is 0.167. The van der Waals surface area contributed by atoms with E-state index in [9.17, 15) is 4.79 Å². The minimum Gasteiger partial charge on any atom is -0.494 e. The van der Waals surface area contributed by atoms with E-state index in [1.807, 2.05) is 0 Å². The van der Waals surface area contributed by atoms with Gasteiger partial charge in [0, 0.05) is 0 Å². The van der Waals surface area contributed by atoms with E-state index >= 15 is 0 Å². The van der Waals surface area contributed by atoms with Gasteiger partial charge in [0.25, 0.3) is 0 Å². The molecule has 0 unspecified atom stereocenters. The summed E-state index contributed by atoms with van der Waals surface area (Å²) in [5.41, 5.74) is 0. The number of aliphatic imine (C=N–C) groups is 1. The van der Waals surface area contributed by atoms with E-state index in [1.54, 1.807) is 11.4 Å². The van der Waals surface area contributed by atoms with Gasteiger partial charge in [0.2, 0.25) is 6.08 Å². The smallest absolute Gasteiger partial charge is 0.241 e. The average Bonchev–Trinajstić information content (AvgIpc) is 2.36. The number of thiophene rings is 1. The standard InChI is InChI=1S/C6H5NO2S/c1-9-5-2-3-10-6(5)7-4-8/h2-3H,1H3. The SMILES string of the molecule is COc1ccsc1N=C=O. The van der Waals surface area contributed by atoms with Gasteiger partial charge in [-0.3, -0.25) is 0 Å². The predicted molar refractivity (Wildman–Crippen MR) is 38.7 cm³/mol. The normalized spacial score (nSPS) is 8.50. The third-order valence-corrected chi connectivity index (χ3v) is 1.76. The molecule has 0 bridgehead atoms. The number of ether oxygens (including phenoxy) is 1. The molecule has 0 spiro atoms. The minimum absolute atomic E-state index is 0.567. The molecule has 4 heteroatoms. The van der Waals surface area contributed by atoms with Crippen LogP contribution in [-0.2, 0) is 4.79 Å². The van der Waals surface area contributed by atoms with Gasteiger partial charge in [-0.15, -0.1) is 11.3 Å². The van der Waals surface area contributed by atoms with Crippen molar-refractivity contribution >= 4 is 22.4 Å². The average molecular weight is 155 g/mol. The van der Waals surface area contributed by atoms with Crippen molar-refractivity contribution in [1.29, 1.82) is 0 Å². The Balaban J connectivity index is 3.00. The lowest BCUT2D eigenvalue weighted by Crippen LogP contribution is -1.76. The zero-order chi connectivity index (χ0) is 7.40. The van der Waals surface area contributed by atoms with Crippen LogP contribution in [-0.4, -0.2) is 13.2 Å². The minimum atomic E-state index is 0.567. The summed E-state index contributed by atoms with van der Waals surface area (Å²) in [5, 5.41) is 2.37. The van der Waals surface area contributed by atoms with Gasteiger partial charge >= 0.3 is 0 Å². The van der Waals surface area contributed by atoms with Crippen molar-refractivity contribution in [1.82, 2.24) is 0 Å². The van der Waals surface area contributed by atoms with E-state index in [0.717, 1.165) is 0 Å². The Bertz CT molecular complexity index is 262. The third kappa shape index (κ3) is 1.23. The largest absolute Gasteiger partial charge is 0.494 e. The van der Waals surface area contributed by atoms with Crippen LogP contribution in [0.3, 0.4) is 0 Å². The highest BCUT2D eigenvalue weighted by Crippen LogP contribution is 2.32. The number of isocyanates is 1. The molecule has 0 fully saturated rings. The topological polar surface area (TPSA) is 38.7 Å². The van der Waals surface area contributed by atoms with Crippen molar-refractivity contribution in [3.8, 4) is 5.75 Å². The maximum absolute atomic E-state index is 9.80. The van der Waals surface area contributed by atoms with E-state index in [1.165, 1.54) is 24.5 Å². The Morgan fingerprint density at radius 2 is 2.60 bits per heavy atom. The van der Waals surface area contributed by atoms with E-state index in [2.05, 4.69) is 4.99 Å². The van der Waals surface area contributed by atoms with Crippen LogP contribution < -0.4 is 4.74 Å². The molecule has 0 atom stereocenters. The van der Waals surface area contributed by atoms with Crippen LogP contribution in [0, 0.1) is 0 Å². The fourth-order valence-corrected chi connectivity index (χ4v) is 1.25. The van der Waals surface area contributed by atoms with E-state index < -0.39 is 0 Å². The number of methoxy groups -OCH3 is 1. The lowest BCUT2D eigenvalue weighted by molar-refractivity contribution is 0.418. The van der Waals surface area contributed by atoms with Gasteiger partial charge in [-0.1, -0.05) is 0 Å². The van der Waals surface area contributed by atoms with Gasteiger partial charge < -0.3 is 4.74 Å². The molecule has 0 aromatic carbocycles. The van der Waals surface area contributed by atoms with Crippen molar-refractivity contribution in [2.24, 2.45) is 4.99 Å². The quantitative estimate of drug-likeness (QED) is 0.481. The van der Waals surface area contributed by atoms with Gasteiger partial charge in [-0.25, -0.2) is 4.79 Å². The molecule has 52 valence electrons. The van der Waals surface area contributed by atoms with Crippen LogP contribution in [0.5, 0.6) is 5.75 Å². The van der Waals surface area contributed by atoms with Crippen molar-refractivity contribution in [3.05, 3.63) is 11.4 Å². The number of rotatable bonds is 2. The summed E-state index contributed by atoms with van der Waals surface area (Å²) in [7, 11) is 1.53. The van der Waals surface area contributed by atoms with Crippen molar-refractivity contribution < 1.29 is 9.53 Å². The molecule has 1 aromatic heterocycles. The molecule has 10 heavy (non-hydrogen) atoms. The van der Waals surface area contributed by atoms with E-state index in [0.29, 0.717) is 10.8 Å². The van der Waals surface area contributed by atoms with Crippen molar-refractivity contribution in [2.75, 3.05) is 7.11 Å². The predicted octanol–water partition coefficient (Wildman–Crippen LogP) is 1.72. The molecular weight excluding hydrogens is 150 g/mol. The molecule has 3 nitrogen and oxygen atoms in total. The Morgan fingerprint density at radius 3 is 3.20 bits per heavy atom. The highest BCUT2D eigenvalue weighted by Gasteiger charge is 2.00. The molecule has 0 saturated heterocycles. The molecule has 0 amide bonds. The van der Waals surface area contributed by atoms with Crippen LogP contribution in [0.25, 0.3) is 0 Å². The molecule has 0 aliphatic carbocycles. The lowest BCUT2D eigenvalue weighted by Gasteiger charge is -1.92. The summed E-state index contributed by atoms with van der Waals surface area (Å²) in [4.78, 5) is 13.2. The monoisotopic (exact) mass is 155 g/mol. The number of nitrogens with zero attached hydrogens (tertiary/aromatic N) is 1. The summed E-state index contributed by atoms with van der Waals surface area (Å²) < 4.78 is 4.88. The summed E-state index contributed by atoms with van der Waals surface area (Å²) in [6, 6.07) is 1.75. The molecule has 0 radical (unpaired) electrons. The lowest BCUT2D eigenvalue weighted by atomic mass is 10.6. The summed E-state index contributed by atoms with van der Waals surface area (Å²) >= 11 is 1.34. The maximum Gasteiger partial charge on any atom is 0.241 e. The second kappa shape index (κ2) is 3.15. The molecule has 0 aliphatic heterocycles. The van der Waals surface area contributed by atoms with Crippen LogP contribution in [0.2, 0.25) is 0 Å². The van der Waals surface area contributed by atoms with Gasteiger partial charge in [0.1, 0.15) is 0 Å². The zero-order valence-corrected chi connectivity index (χ0v) is 6.14. The third-order valence-electron chi connectivity index (χ3n) is 0.977. The fourth-order valence-electron chi connectivity index (χ4n) is 0.568. The van der Waals surface area contributed by atoms with Crippen LogP contribution >= 0.6 is 11.3 Å². The Kier molecular flexibility index (Phi) is 2.20. The van der Waals surface area contributed by atoms with Gasteiger partial charge in [0.05, 0.1) is 7.11 Å². The number of hydrogen-bond donors (Lipinski definition) is 0. The second-order valence-electron chi connectivity index (χ2n) is 1.50. The van der Waals surface area contributed by atoms with Crippen LogP contribution in [0.1, 0.15) is 0 Å². The van der Waals surface area contributed by atoms with Crippen LogP contribution in [0.4, 0.5) is 5.00 Å². The highest BCUT2D eigenvalue weighted by atomic mass is 32.1. The van der Waals surface area contributed by atoms with E-state index in [4.69, 9.17) is 4.74 Å². The molecule has 1 aromatic rings. The molecule has 1 rings (SSSR count). The Labute approximate surface area is 62.0 Å². The highest BCUT2D eigenvalue weighted by molar-refractivity contribution is 7.14. The maximum atomic E-state index is 9.80. The summed E-state index contributed by atoms with van der Waals surface area (Å²) in [5.74, 6) is 0.619. The second-order valence-corrected chi connectivity index (χ2v) is 2.39. The summed E-state index contributed by atoms with van der Waals surface area (Å²) in [6.45, 7) is 0. The first-order chi connectivity index (χ1) is 4.88. The first-order valence-electron chi connectivity index (χ1n) is 2.58. The molecular formula is C6H5NO2S. The molecule has 0 saturated carbocycles. The van der Waals surface area contributed by atoms with Gasteiger partial charge in [-0.05, 0) is 11.4 Å². The summed E-state index contributed by atoms with van der Waals surface area (Å²) in [6.07, 6.45) is 1.45. The Morgan fingerprint density at radius 1 is 1.80 bits per heavy atom. The number of carbonyl (C=O) groups excluding carboxylic acids is 1. The first kappa shape index (κ1) is 6.99. The van der Waals surface area contributed by atoms with Crippen molar-refractivity contribution in [3.63, 3.8) is 0 Å². The van der Waals surface area contributed by atoms with Crippen molar-refractivity contribution in [2.45, 2.75) is 0 Å². The molecule has 0 aliphatic rings.